The highest BCUT2D eigenvalue weighted by molar-refractivity contribution is 5.57. The first-order valence-corrected chi connectivity index (χ1v) is 5.68. The molecule has 19 heavy (non-hydrogen) atoms. The first-order chi connectivity index (χ1) is 8.88. The number of rotatable bonds is 2. The summed E-state index contributed by atoms with van der Waals surface area (Å²) in [7, 11) is 0. The van der Waals surface area contributed by atoms with Gasteiger partial charge in [-0.1, -0.05) is 13.8 Å². The minimum atomic E-state index is -1.52. The number of aromatic nitrogens is 2. The average molecular weight is 267 g/mol. The lowest BCUT2D eigenvalue weighted by Crippen LogP contribution is -2.03. The lowest BCUT2D eigenvalue weighted by molar-refractivity contribution is 0.447. The molecule has 2 N–H and O–H groups in total. The van der Waals surface area contributed by atoms with Gasteiger partial charge in [-0.3, -0.25) is 0 Å². The summed E-state index contributed by atoms with van der Waals surface area (Å²) in [6.07, 6.45) is 0. The second kappa shape index (κ2) is 4.87. The molecule has 0 unspecified atom stereocenters. The third kappa shape index (κ3) is 2.67. The summed E-state index contributed by atoms with van der Waals surface area (Å²) in [5, 5.41) is 0. The highest BCUT2D eigenvalue weighted by atomic mass is 19.2. The maximum absolute atomic E-state index is 13.2. The van der Waals surface area contributed by atoms with Crippen molar-refractivity contribution in [2.24, 2.45) is 0 Å². The van der Waals surface area contributed by atoms with Gasteiger partial charge in [-0.2, -0.15) is 0 Å². The molecule has 0 spiro atoms. The zero-order valence-electron chi connectivity index (χ0n) is 10.4. The SMILES string of the molecule is CC(C)c1cc(N)nc(-c2cc(F)c(F)c(F)c2)n1. The van der Waals surface area contributed by atoms with Gasteiger partial charge in [0, 0.05) is 17.3 Å². The highest BCUT2D eigenvalue weighted by Crippen LogP contribution is 2.23. The topological polar surface area (TPSA) is 51.8 Å². The van der Waals surface area contributed by atoms with Crippen molar-refractivity contribution in [3.63, 3.8) is 0 Å². The van der Waals surface area contributed by atoms with E-state index in [1.54, 1.807) is 6.07 Å². The average Bonchev–Trinajstić information content (AvgIpc) is 2.34. The van der Waals surface area contributed by atoms with Crippen molar-refractivity contribution in [1.29, 1.82) is 0 Å². The van der Waals surface area contributed by atoms with E-state index in [9.17, 15) is 13.2 Å². The lowest BCUT2D eigenvalue weighted by atomic mass is 10.1. The van der Waals surface area contributed by atoms with E-state index in [4.69, 9.17) is 5.73 Å². The van der Waals surface area contributed by atoms with Crippen molar-refractivity contribution in [2.45, 2.75) is 19.8 Å². The first kappa shape index (κ1) is 13.3. The molecule has 0 aliphatic rings. The predicted octanol–water partition coefficient (Wildman–Crippen LogP) is 3.27. The Kier molecular flexibility index (Phi) is 3.42. The third-order valence-electron chi connectivity index (χ3n) is 2.60. The lowest BCUT2D eigenvalue weighted by Gasteiger charge is -2.08. The van der Waals surface area contributed by atoms with Crippen LogP contribution in [0.4, 0.5) is 19.0 Å². The van der Waals surface area contributed by atoms with Gasteiger partial charge >= 0.3 is 0 Å². The van der Waals surface area contributed by atoms with Crippen molar-refractivity contribution in [1.82, 2.24) is 9.97 Å². The maximum atomic E-state index is 13.2. The molecule has 1 aromatic carbocycles. The minimum Gasteiger partial charge on any atom is -0.384 e. The number of halogens is 3. The van der Waals surface area contributed by atoms with E-state index in [0.717, 1.165) is 12.1 Å². The zero-order chi connectivity index (χ0) is 14.2. The van der Waals surface area contributed by atoms with Crippen LogP contribution in [0.2, 0.25) is 0 Å². The highest BCUT2D eigenvalue weighted by Gasteiger charge is 2.14. The Morgan fingerprint density at radius 2 is 1.58 bits per heavy atom. The number of nitrogens with two attached hydrogens (primary N) is 1. The van der Waals surface area contributed by atoms with Crippen LogP contribution in [0, 0.1) is 17.5 Å². The van der Waals surface area contributed by atoms with E-state index < -0.39 is 17.5 Å². The van der Waals surface area contributed by atoms with Crippen molar-refractivity contribution in [3.8, 4) is 11.4 Å². The number of nitrogen functional groups attached to an aromatic ring is 1. The van der Waals surface area contributed by atoms with Gasteiger partial charge in [0.25, 0.3) is 0 Å². The van der Waals surface area contributed by atoms with E-state index >= 15 is 0 Å². The number of hydrogen-bond donors (Lipinski definition) is 1. The normalized spacial score (nSPS) is 11.1. The third-order valence-corrected chi connectivity index (χ3v) is 2.60. The van der Waals surface area contributed by atoms with Gasteiger partial charge in [0.15, 0.2) is 23.3 Å². The number of benzene rings is 1. The summed E-state index contributed by atoms with van der Waals surface area (Å²) in [6.45, 7) is 3.80. The summed E-state index contributed by atoms with van der Waals surface area (Å²) in [4.78, 5) is 8.08. The van der Waals surface area contributed by atoms with Crippen LogP contribution in [0.5, 0.6) is 0 Å². The van der Waals surface area contributed by atoms with Crippen LogP contribution >= 0.6 is 0 Å². The maximum Gasteiger partial charge on any atom is 0.194 e. The van der Waals surface area contributed by atoms with Crippen molar-refractivity contribution < 1.29 is 13.2 Å². The van der Waals surface area contributed by atoms with Crippen LogP contribution in [0.3, 0.4) is 0 Å². The molecule has 0 saturated carbocycles. The van der Waals surface area contributed by atoms with E-state index in [1.165, 1.54) is 0 Å². The minimum absolute atomic E-state index is 0.0469. The van der Waals surface area contributed by atoms with Crippen LogP contribution in [-0.2, 0) is 0 Å². The number of hydrogen-bond acceptors (Lipinski definition) is 3. The molecule has 0 atom stereocenters. The van der Waals surface area contributed by atoms with E-state index in [0.29, 0.717) is 5.69 Å². The molecule has 3 nitrogen and oxygen atoms in total. The fourth-order valence-corrected chi connectivity index (χ4v) is 1.60. The fraction of sp³-hybridized carbons (Fsp3) is 0.231. The van der Waals surface area contributed by atoms with E-state index in [2.05, 4.69) is 9.97 Å². The molecule has 2 aromatic rings. The Labute approximate surface area is 108 Å². The summed E-state index contributed by atoms with van der Waals surface area (Å²) < 4.78 is 39.3. The predicted molar refractivity (Wildman–Crippen MR) is 65.8 cm³/mol. The summed E-state index contributed by atoms with van der Waals surface area (Å²) in [5.41, 5.74) is 6.32. The Balaban J connectivity index is 2.59. The van der Waals surface area contributed by atoms with Gasteiger partial charge in [0.2, 0.25) is 0 Å². The van der Waals surface area contributed by atoms with Crippen LogP contribution in [-0.4, -0.2) is 9.97 Å². The molecule has 100 valence electrons. The molecule has 0 aliphatic heterocycles. The smallest absolute Gasteiger partial charge is 0.194 e. The van der Waals surface area contributed by atoms with Gasteiger partial charge in [0.1, 0.15) is 5.82 Å². The summed E-state index contributed by atoms with van der Waals surface area (Å²) >= 11 is 0. The molecule has 0 aliphatic carbocycles. The molecule has 0 saturated heterocycles. The Morgan fingerprint density at radius 3 is 2.11 bits per heavy atom. The zero-order valence-corrected chi connectivity index (χ0v) is 10.4. The van der Waals surface area contributed by atoms with Crippen LogP contribution in [0.25, 0.3) is 11.4 Å². The molecular formula is C13H12F3N3. The van der Waals surface area contributed by atoms with Crippen molar-refractivity contribution in [2.75, 3.05) is 5.73 Å². The monoisotopic (exact) mass is 267 g/mol. The Bertz CT molecular complexity index is 604. The molecule has 0 fully saturated rings. The van der Waals surface area contributed by atoms with Gasteiger partial charge in [-0.05, 0) is 18.1 Å². The molecule has 6 heteroatoms. The van der Waals surface area contributed by atoms with Gasteiger partial charge in [0.05, 0.1) is 0 Å². The van der Waals surface area contributed by atoms with Crippen LogP contribution < -0.4 is 5.73 Å². The second-order valence-corrected chi connectivity index (χ2v) is 4.45. The Hall–Kier alpha value is -2.11. The van der Waals surface area contributed by atoms with Crippen molar-refractivity contribution in [3.05, 3.63) is 41.3 Å². The molecular weight excluding hydrogens is 255 g/mol. The van der Waals surface area contributed by atoms with Gasteiger partial charge < -0.3 is 5.73 Å². The summed E-state index contributed by atoms with van der Waals surface area (Å²) in [6, 6.07) is 3.28. The molecule has 0 radical (unpaired) electrons. The number of anilines is 1. The van der Waals surface area contributed by atoms with E-state index in [1.807, 2.05) is 13.8 Å². The Morgan fingerprint density at radius 1 is 1.00 bits per heavy atom. The molecule has 2 rings (SSSR count). The quantitative estimate of drug-likeness (QED) is 0.850. The molecule has 1 aromatic heterocycles. The molecule has 0 bridgehead atoms. The summed E-state index contributed by atoms with van der Waals surface area (Å²) in [5.74, 6) is -3.74. The molecule has 0 amide bonds. The van der Waals surface area contributed by atoms with Crippen LogP contribution in [0.15, 0.2) is 18.2 Å². The second-order valence-electron chi connectivity index (χ2n) is 4.45. The van der Waals surface area contributed by atoms with Crippen LogP contribution in [0.1, 0.15) is 25.5 Å². The standard InChI is InChI=1S/C13H12F3N3/c1-6(2)10-5-11(17)19-13(18-10)7-3-8(14)12(16)9(15)4-7/h3-6H,1-2H3,(H2,17,18,19). The fourth-order valence-electron chi connectivity index (χ4n) is 1.60. The van der Waals surface area contributed by atoms with Crippen molar-refractivity contribution >= 4 is 5.82 Å². The first-order valence-electron chi connectivity index (χ1n) is 5.68. The van der Waals surface area contributed by atoms with Gasteiger partial charge in [-0.25, -0.2) is 23.1 Å². The van der Waals surface area contributed by atoms with Gasteiger partial charge in [-0.15, -0.1) is 0 Å². The van der Waals surface area contributed by atoms with E-state index in [-0.39, 0.29) is 23.1 Å². The molecule has 1 heterocycles. The largest absolute Gasteiger partial charge is 0.384 e. The number of nitrogens with zero attached hydrogens (tertiary/aromatic N) is 2.